The summed E-state index contributed by atoms with van der Waals surface area (Å²) in [4.78, 5) is 17.3. The Hall–Kier alpha value is -2.02. The van der Waals surface area contributed by atoms with Crippen LogP contribution >= 0.6 is 11.3 Å². The molecule has 1 heterocycles. The SMILES string of the molecule is Cc1nc(CC(C)C)sc1C(=O)NCc1cccc(OC(F)F)c1. The Bertz CT molecular complexity index is 702. The van der Waals surface area contributed by atoms with E-state index in [1.807, 2.05) is 6.92 Å². The minimum Gasteiger partial charge on any atom is -0.435 e. The zero-order valence-corrected chi connectivity index (χ0v) is 14.6. The van der Waals surface area contributed by atoms with Crippen LogP contribution in [-0.4, -0.2) is 17.5 Å². The Balaban J connectivity index is 1.99. The number of benzene rings is 1. The molecular formula is C17H20F2N2O2S. The summed E-state index contributed by atoms with van der Waals surface area (Å²) >= 11 is 1.40. The van der Waals surface area contributed by atoms with Crippen molar-refractivity contribution in [2.75, 3.05) is 0 Å². The lowest BCUT2D eigenvalue weighted by Crippen LogP contribution is -2.22. The molecule has 0 fully saturated rings. The minimum atomic E-state index is -2.87. The molecule has 1 aromatic carbocycles. The molecule has 0 saturated carbocycles. The smallest absolute Gasteiger partial charge is 0.387 e. The second-order valence-electron chi connectivity index (χ2n) is 5.83. The van der Waals surface area contributed by atoms with E-state index in [0.717, 1.165) is 11.4 Å². The molecule has 2 aromatic rings. The summed E-state index contributed by atoms with van der Waals surface area (Å²) in [6, 6.07) is 6.28. The molecule has 7 heteroatoms. The fourth-order valence-corrected chi connectivity index (χ4v) is 3.39. The number of aryl methyl sites for hydroxylation is 1. The third-order valence-corrected chi connectivity index (χ3v) is 4.39. The van der Waals surface area contributed by atoms with Crippen molar-refractivity contribution >= 4 is 17.2 Å². The van der Waals surface area contributed by atoms with E-state index in [2.05, 4.69) is 28.9 Å². The van der Waals surface area contributed by atoms with Gasteiger partial charge in [0.05, 0.1) is 10.7 Å². The van der Waals surface area contributed by atoms with Gasteiger partial charge in [0, 0.05) is 13.0 Å². The number of alkyl halides is 2. The summed E-state index contributed by atoms with van der Waals surface area (Å²) in [6.45, 7) is 3.38. The largest absolute Gasteiger partial charge is 0.435 e. The van der Waals surface area contributed by atoms with Crippen molar-refractivity contribution in [1.82, 2.24) is 10.3 Å². The van der Waals surface area contributed by atoms with Crippen LogP contribution in [0.4, 0.5) is 8.78 Å². The molecule has 1 aromatic heterocycles. The Morgan fingerprint density at radius 2 is 2.12 bits per heavy atom. The molecule has 24 heavy (non-hydrogen) atoms. The first-order chi connectivity index (χ1) is 11.3. The van der Waals surface area contributed by atoms with Crippen LogP contribution in [0.25, 0.3) is 0 Å². The highest BCUT2D eigenvalue weighted by Gasteiger charge is 2.15. The van der Waals surface area contributed by atoms with E-state index in [1.54, 1.807) is 12.1 Å². The van der Waals surface area contributed by atoms with Gasteiger partial charge in [-0.2, -0.15) is 8.78 Å². The molecule has 0 aliphatic carbocycles. The number of aromatic nitrogens is 1. The average Bonchev–Trinajstić information content (AvgIpc) is 2.84. The fourth-order valence-electron chi connectivity index (χ4n) is 2.19. The number of carbonyl (C=O) groups is 1. The maximum atomic E-state index is 12.3. The van der Waals surface area contributed by atoms with Crippen LogP contribution in [0.5, 0.6) is 5.75 Å². The van der Waals surface area contributed by atoms with Crippen LogP contribution < -0.4 is 10.1 Å². The summed E-state index contributed by atoms with van der Waals surface area (Å²) < 4.78 is 28.8. The van der Waals surface area contributed by atoms with Crippen molar-refractivity contribution in [1.29, 1.82) is 0 Å². The highest BCUT2D eigenvalue weighted by atomic mass is 32.1. The molecule has 0 aliphatic rings. The third kappa shape index (κ3) is 5.26. The molecule has 0 aliphatic heterocycles. The predicted molar refractivity (Wildman–Crippen MR) is 89.6 cm³/mol. The van der Waals surface area contributed by atoms with Gasteiger partial charge in [-0.15, -0.1) is 11.3 Å². The van der Waals surface area contributed by atoms with Gasteiger partial charge in [-0.25, -0.2) is 4.98 Å². The lowest BCUT2D eigenvalue weighted by Gasteiger charge is -2.08. The molecule has 0 radical (unpaired) electrons. The number of rotatable bonds is 7. The first-order valence-corrected chi connectivity index (χ1v) is 8.45. The van der Waals surface area contributed by atoms with Crippen LogP contribution in [0.3, 0.4) is 0 Å². The Kier molecular flexibility index (Phi) is 6.25. The fraction of sp³-hybridized carbons (Fsp3) is 0.412. The van der Waals surface area contributed by atoms with Crippen LogP contribution in [0.2, 0.25) is 0 Å². The van der Waals surface area contributed by atoms with Gasteiger partial charge in [0.15, 0.2) is 0 Å². The number of nitrogens with zero attached hydrogens (tertiary/aromatic N) is 1. The van der Waals surface area contributed by atoms with E-state index in [-0.39, 0.29) is 18.2 Å². The molecule has 1 N–H and O–H groups in total. The molecule has 1 amide bonds. The van der Waals surface area contributed by atoms with Gasteiger partial charge < -0.3 is 10.1 Å². The van der Waals surface area contributed by atoms with Gasteiger partial charge in [0.2, 0.25) is 0 Å². The Morgan fingerprint density at radius 1 is 1.38 bits per heavy atom. The van der Waals surface area contributed by atoms with Gasteiger partial charge in [-0.05, 0) is 30.5 Å². The quantitative estimate of drug-likeness (QED) is 0.811. The van der Waals surface area contributed by atoms with Gasteiger partial charge in [0.1, 0.15) is 10.6 Å². The average molecular weight is 354 g/mol. The summed E-state index contributed by atoms with van der Waals surface area (Å²) in [5, 5.41) is 3.74. The van der Waals surface area contributed by atoms with Gasteiger partial charge in [-0.3, -0.25) is 4.79 Å². The Morgan fingerprint density at radius 3 is 2.79 bits per heavy atom. The number of hydrogen-bond acceptors (Lipinski definition) is 4. The van der Waals surface area contributed by atoms with Gasteiger partial charge in [-0.1, -0.05) is 26.0 Å². The normalized spacial score (nSPS) is 11.1. The second-order valence-corrected chi connectivity index (χ2v) is 6.91. The molecule has 130 valence electrons. The molecule has 0 spiro atoms. The highest BCUT2D eigenvalue weighted by Crippen LogP contribution is 2.21. The number of halogens is 2. The molecule has 4 nitrogen and oxygen atoms in total. The maximum Gasteiger partial charge on any atom is 0.387 e. The van der Waals surface area contributed by atoms with E-state index in [4.69, 9.17) is 0 Å². The first kappa shape index (κ1) is 18.3. The lowest BCUT2D eigenvalue weighted by molar-refractivity contribution is -0.0498. The van der Waals surface area contributed by atoms with Crippen LogP contribution in [0, 0.1) is 12.8 Å². The van der Waals surface area contributed by atoms with Crippen molar-refractivity contribution < 1.29 is 18.3 Å². The van der Waals surface area contributed by atoms with Crippen LogP contribution in [0.1, 0.15) is 39.8 Å². The Labute approximate surface area is 143 Å². The van der Waals surface area contributed by atoms with E-state index < -0.39 is 6.61 Å². The topological polar surface area (TPSA) is 51.2 Å². The summed E-state index contributed by atoms with van der Waals surface area (Å²) in [5.41, 5.74) is 1.40. The van der Waals surface area contributed by atoms with Crippen molar-refractivity contribution in [2.24, 2.45) is 5.92 Å². The van der Waals surface area contributed by atoms with Crippen molar-refractivity contribution in [3.63, 3.8) is 0 Å². The number of amides is 1. The van der Waals surface area contributed by atoms with Gasteiger partial charge >= 0.3 is 6.61 Å². The van der Waals surface area contributed by atoms with Crippen molar-refractivity contribution in [3.05, 3.63) is 45.4 Å². The van der Waals surface area contributed by atoms with E-state index in [9.17, 15) is 13.6 Å². The van der Waals surface area contributed by atoms with Crippen LogP contribution in [-0.2, 0) is 13.0 Å². The predicted octanol–water partition coefficient (Wildman–Crippen LogP) is 4.18. The van der Waals surface area contributed by atoms with E-state index in [0.29, 0.717) is 22.1 Å². The monoisotopic (exact) mass is 354 g/mol. The maximum absolute atomic E-state index is 12.3. The first-order valence-electron chi connectivity index (χ1n) is 7.63. The zero-order valence-electron chi connectivity index (χ0n) is 13.8. The third-order valence-electron chi connectivity index (χ3n) is 3.21. The summed E-state index contributed by atoms with van der Waals surface area (Å²) in [6.07, 6.45) is 0.839. The number of hydrogen-bond donors (Lipinski definition) is 1. The van der Waals surface area contributed by atoms with Crippen molar-refractivity contribution in [3.8, 4) is 5.75 Å². The number of thiazole rings is 1. The van der Waals surface area contributed by atoms with Gasteiger partial charge in [0.25, 0.3) is 5.91 Å². The molecular weight excluding hydrogens is 334 g/mol. The molecule has 0 unspecified atom stereocenters. The van der Waals surface area contributed by atoms with Crippen molar-refractivity contribution in [2.45, 2.75) is 40.3 Å². The number of carbonyl (C=O) groups excluding carboxylic acids is 1. The molecule has 2 rings (SSSR count). The summed E-state index contributed by atoms with van der Waals surface area (Å²) in [7, 11) is 0. The van der Waals surface area contributed by atoms with Crippen LogP contribution in [0.15, 0.2) is 24.3 Å². The van der Waals surface area contributed by atoms with E-state index >= 15 is 0 Å². The standard InChI is InChI=1S/C17H20F2N2O2S/c1-10(2)7-14-21-11(3)15(24-14)16(22)20-9-12-5-4-6-13(8-12)23-17(18)19/h4-6,8,10,17H,7,9H2,1-3H3,(H,20,22). The molecule has 0 bridgehead atoms. The summed E-state index contributed by atoms with van der Waals surface area (Å²) in [5.74, 6) is 0.342. The molecule has 0 saturated heterocycles. The highest BCUT2D eigenvalue weighted by molar-refractivity contribution is 7.13. The number of nitrogens with one attached hydrogen (secondary N) is 1. The lowest BCUT2D eigenvalue weighted by atomic mass is 10.1. The number of ether oxygens (including phenoxy) is 1. The van der Waals surface area contributed by atoms with E-state index in [1.165, 1.54) is 23.5 Å². The second kappa shape index (κ2) is 8.19. The zero-order chi connectivity index (χ0) is 17.7. The minimum absolute atomic E-state index is 0.0740. The molecule has 0 atom stereocenters.